The van der Waals surface area contributed by atoms with Crippen LogP contribution in [-0.2, 0) is 0 Å². The van der Waals surface area contributed by atoms with Gasteiger partial charge in [-0.1, -0.05) is 6.92 Å². The number of rotatable bonds is 2. The highest BCUT2D eigenvalue weighted by Crippen LogP contribution is 2.41. The van der Waals surface area contributed by atoms with E-state index >= 15 is 0 Å². The van der Waals surface area contributed by atoms with Crippen molar-refractivity contribution in [2.75, 3.05) is 33.2 Å². The van der Waals surface area contributed by atoms with Gasteiger partial charge in [0.15, 0.2) is 11.5 Å². The SMILES string of the molecule is CN1C[C@@H]2CN(C(=O)c3ccc(C(N)=O)o3)C[C@]2(C)C1. The van der Waals surface area contributed by atoms with Gasteiger partial charge in [0.25, 0.3) is 11.8 Å². The third kappa shape index (κ3) is 2.00. The van der Waals surface area contributed by atoms with E-state index in [1.54, 1.807) is 0 Å². The molecule has 2 amide bonds. The van der Waals surface area contributed by atoms with E-state index in [9.17, 15) is 9.59 Å². The molecule has 0 saturated carbocycles. The van der Waals surface area contributed by atoms with E-state index in [0.29, 0.717) is 5.92 Å². The minimum absolute atomic E-state index is 0.0266. The van der Waals surface area contributed by atoms with Crippen LogP contribution in [0.1, 0.15) is 28.0 Å². The fraction of sp³-hybridized carbons (Fsp3) is 0.571. The molecular weight excluding hydrogens is 258 g/mol. The molecule has 0 aliphatic carbocycles. The van der Waals surface area contributed by atoms with Crippen molar-refractivity contribution in [2.24, 2.45) is 17.1 Å². The average Bonchev–Trinajstić information content (AvgIpc) is 2.99. The van der Waals surface area contributed by atoms with Gasteiger partial charge in [0.05, 0.1) is 0 Å². The zero-order valence-corrected chi connectivity index (χ0v) is 11.8. The second-order valence-corrected chi connectivity index (χ2v) is 6.26. The Balaban J connectivity index is 1.75. The molecule has 6 heteroatoms. The van der Waals surface area contributed by atoms with Crippen molar-refractivity contribution in [3.63, 3.8) is 0 Å². The van der Waals surface area contributed by atoms with Crippen molar-refractivity contribution in [3.8, 4) is 0 Å². The summed E-state index contributed by atoms with van der Waals surface area (Å²) in [6.07, 6.45) is 0. The summed E-state index contributed by atoms with van der Waals surface area (Å²) in [5.41, 5.74) is 5.28. The highest BCUT2D eigenvalue weighted by molar-refractivity contribution is 5.95. The Bertz CT molecular complexity index is 568. The van der Waals surface area contributed by atoms with E-state index in [2.05, 4.69) is 18.9 Å². The molecular formula is C14H19N3O3. The Hall–Kier alpha value is -1.82. The van der Waals surface area contributed by atoms with Gasteiger partial charge in [0, 0.05) is 31.6 Å². The first-order chi connectivity index (χ1) is 9.39. The summed E-state index contributed by atoms with van der Waals surface area (Å²) in [5, 5.41) is 0. The molecule has 0 unspecified atom stereocenters. The second kappa shape index (κ2) is 4.34. The van der Waals surface area contributed by atoms with Crippen molar-refractivity contribution >= 4 is 11.8 Å². The number of fused-ring (bicyclic) bond motifs is 1. The lowest BCUT2D eigenvalue weighted by molar-refractivity contribution is 0.0730. The predicted molar refractivity (Wildman–Crippen MR) is 72.2 cm³/mol. The van der Waals surface area contributed by atoms with Crippen LogP contribution >= 0.6 is 0 Å². The molecule has 2 saturated heterocycles. The maximum Gasteiger partial charge on any atom is 0.289 e. The predicted octanol–water partition coefficient (Wildman–Crippen LogP) is 0.402. The fourth-order valence-electron chi connectivity index (χ4n) is 3.53. The van der Waals surface area contributed by atoms with Gasteiger partial charge < -0.3 is 20.0 Å². The lowest BCUT2D eigenvalue weighted by Gasteiger charge is -2.23. The average molecular weight is 277 g/mol. The summed E-state index contributed by atoms with van der Waals surface area (Å²) in [4.78, 5) is 27.5. The molecule has 1 aromatic heterocycles. The molecule has 2 atom stereocenters. The minimum atomic E-state index is -0.657. The van der Waals surface area contributed by atoms with Crippen LogP contribution in [0.3, 0.4) is 0 Å². The van der Waals surface area contributed by atoms with Gasteiger partial charge in [-0.15, -0.1) is 0 Å². The normalized spacial score (nSPS) is 29.7. The van der Waals surface area contributed by atoms with Crippen LogP contribution in [-0.4, -0.2) is 54.8 Å². The molecule has 0 bridgehead atoms. The van der Waals surface area contributed by atoms with Crippen LogP contribution in [0, 0.1) is 11.3 Å². The summed E-state index contributed by atoms with van der Waals surface area (Å²) in [6, 6.07) is 2.97. The summed E-state index contributed by atoms with van der Waals surface area (Å²) < 4.78 is 5.22. The molecule has 0 radical (unpaired) electrons. The van der Waals surface area contributed by atoms with E-state index in [0.717, 1.165) is 26.2 Å². The highest BCUT2D eigenvalue weighted by Gasteiger charge is 2.49. The van der Waals surface area contributed by atoms with E-state index < -0.39 is 5.91 Å². The number of furan rings is 1. The lowest BCUT2D eigenvalue weighted by Crippen LogP contribution is -2.34. The molecule has 1 aromatic rings. The van der Waals surface area contributed by atoms with E-state index in [1.807, 2.05) is 4.90 Å². The number of nitrogens with two attached hydrogens (primary N) is 1. The van der Waals surface area contributed by atoms with Gasteiger partial charge in [-0.05, 0) is 25.1 Å². The summed E-state index contributed by atoms with van der Waals surface area (Å²) in [5.74, 6) is -0.0943. The van der Waals surface area contributed by atoms with Gasteiger partial charge >= 0.3 is 0 Å². The summed E-state index contributed by atoms with van der Waals surface area (Å²) in [6.45, 7) is 5.72. The fourth-order valence-corrected chi connectivity index (χ4v) is 3.53. The molecule has 2 aliphatic heterocycles. The number of hydrogen-bond donors (Lipinski definition) is 1. The lowest BCUT2D eigenvalue weighted by atomic mass is 9.83. The maximum atomic E-state index is 12.4. The molecule has 0 spiro atoms. The minimum Gasteiger partial charge on any atom is -0.446 e. The number of carbonyl (C=O) groups is 2. The Morgan fingerprint density at radius 3 is 2.60 bits per heavy atom. The van der Waals surface area contributed by atoms with E-state index in [1.165, 1.54) is 12.1 Å². The maximum absolute atomic E-state index is 12.4. The summed E-state index contributed by atoms with van der Waals surface area (Å²) >= 11 is 0. The Morgan fingerprint density at radius 1 is 1.30 bits per heavy atom. The van der Waals surface area contributed by atoms with Gasteiger partial charge in [-0.25, -0.2) is 0 Å². The number of carbonyl (C=O) groups excluding carboxylic acids is 2. The zero-order chi connectivity index (χ0) is 14.5. The van der Waals surface area contributed by atoms with Crippen LogP contribution in [0.4, 0.5) is 0 Å². The second-order valence-electron chi connectivity index (χ2n) is 6.26. The van der Waals surface area contributed by atoms with E-state index in [-0.39, 0.29) is 22.8 Å². The number of amides is 2. The first kappa shape index (κ1) is 13.2. The zero-order valence-electron chi connectivity index (χ0n) is 11.8. The van der Waals surface area contributed by atoms with Crippen LogP contribution < -0.4 is 5.73 Å². The van der Waals surface area contributed by atoms with Crippen molar-refractivity contribution in [2.45, 2.75) is 6.92 Å². The van der Waals surface area contributed by atoms with Crippen molar-refractivity contribution < 1.29 is 14.0 Å². The van der Waals surface area contributed by atoms with Crippen LogP contribution in [0.2, 0.25) is 0 Å². The third-order valence-electron chi connectivity index (χ3n) is 4.49. The first-order valence-corrected chi connectivity index (χ1v) is 6.76. The Labute approximate surface area is 117 Å². The van der Waals surface area contributed by atoms with Crippen LogP contribution in [0.15, 0.2) is 16.5 Å². The van der Waals surface area contributed by atoms with E-state index in [4.69, 9.17) is 10.2 Å². The number of primary amides is 1. The Kier molecular flexibility index (Phi) is 2.86. The number of nitrogens with zero attached hydrogens (tertiary/aromatic N) is 2. The first-order valence-electron chi connectivity index (χ1n) is 6.76. The highest BCUT2D eigenvalue weighted by atomic mass is 16.4. The van der Waals surface area contributed by atoms with Crippen LogP contribution in [0.5, 0.6) is 0 Å². The molecule has 3 rings (SSSR count). The summed E-state index contributed by atoms with van der Waals surface area (Å²) in [7, 11) is 2.11. The smallest absolute Gasteiger partial charge is 0.289 e. The monoisotopic (exact) mass is 277 g/mol. The quantitative estimate of drug-likeness (QED) is 0.848. The molecule has 2 N–H and O–H groups in total. The molecule has 3 heterocycles. The topological polar surface area (TPSA) is 79.8 Å². The molecule has 0 aromatic carbocycles. The molecule has 108 valence electrons. The van der Waals surface area contributed by atoms with Gasteiger partial charge in [-0.3, -0.25) is 9.59 Å². The molecule has 6 nitrogen and oxygen atoms in total. The molecule has 2 fully saturated rings. The van der Waals surface area contributed by atoms with Crippen molar-refractivity contribution in [3.05, 3.63) is 23.7 Å². The third-order valence-corrected chi connectivity index (χ3v) is 4.49. The number of hydrogen-bond acceptors (Lipinski definition) is 4. The van der Waals surface area contributed by atoms with Gasteiger partial charge in [0.2, 0.25) is 0 Å². The Morgan fingerprint density at radius 2 is 2.00 bits per heavy atom. The van der Waals surface area contributed by atoms with Gasteiger partial charge in [0.1, 0.15) is 0 Å². The van der Waals surface area contributed by atoms with Gasteiger partial charge in [-0.2, -0.15) is 0 Å². The standard InChI is InChI=1S/C14H19N3O3/c1-14-7-16(2)5-9(14)6-17(8-14)13(19)11-4-3-10(20-11)12(15)18/h3-4,9H,5-8H2,1-2H3,(H2,15,18)/t9-,14+/m1/s1. The molecule has 2 aliphatic rings. The largest absolute Gasteiger partial charge is 0.446 e. The van der Waals surface area contributed by atoms with Crippen molar-refractivity contribution in [1.29, 1.82) is 0 Å². The van der Waals surface area contributed by atoms with Crippen LogP contribution in [0.25, 0.3) is 0 Å². The number of likely N-dealkylation sites (tertiary alicyclic amines) is 2. The molecule has 20 heavy (non-hydrogen) atoms. The van der Waals surface area contributed by atoms with Crippen molar-refractivity contribution in [1.82, 2.24) is 9.80 Å².